The predicted molar refractivity (Wildman–Crippen MR) is 116 cm³/mol. The molecule has 0 unspecified atom stereocenters. The van der Waals surface area contributed by atoms with Gasteiger partial charge >= 0.3 is 12.1 Å². The van der Waals surface area contributed by atoms with Crippen LogP contribution in [0, 0.1) is 5.82 Å². The smallest absolute Gasteiger partial charge is 0.418 e. The lowest BCUT2D eigenvalue weighted by atomic mass is 10.1. The number of anilines is 1. The number of furan rings is 1. The van der Waals surface area contributed by atoms with Crippen molar-refractivity contribution in [2.75, 3.05) is 5.32 Å². The van der Waals surface area contributed by atoms with E-state index in [2.05, 4.69) is 30.5 Å². The van der Waals surface area contributed by atoms with Crippen LogP contribution in [0.2, 0.25) is 0 Å². The first kappa shape index (κ1) is 25.6. The highest BCUT2D eigenvalue weighted by Gasteiger charge is 2.33. The first-order valence-corrected chi connectivity index (χ1v) is 11.3. The number of hydrogen-bond acceptors (Lipinski definition) is 6. The van der Waals surface area contributed by atoms with Gasteiger partial charge in [0.1, 0.15) is 5.82 Å². The molecule has 2 aromatic heterocycles. The Hall–Kier alpha value is -4.01. The van der Waals surface area contributed by atoms with Gasteiger partial charge in [0.05, 0.1) is 35.2 Å². The number of nitrogens with zero attached hydrogens (tertiary/aromatic N) is 3. The summed E-state index contributed by atoms with van der Waals surface area (Å²) in [6.07, 6.45) is -2.10. The van der Waals surface area contributed by atoms with Gasteiger partial charge in [-0.05, 0) is 31.2 Å². The number of halogens is 4. The van der Waals surface area contributed by atoms with Gasteiger partial charge in [0.15, 0.2) is 11.6 Å². The first-order valence-electron chi connectivity index (χ1n) is 9.79. The van der Waals surface area contributed by atoms with Crippen LogP contribution in [-0.4, -0.2) is 35.5 Å². The van der Waals surface area contributed by atoms with Crippen molar-refractivity contribution in [3.8, 4) is 0 Å². The molecule has 3 N–H and O–H groups in total. The van der Waals surface area contributed by atoms with Crippen LogP contribution >= 0.6 is 0 Å². The molecule has 0 fully saturated rings. The van der Waals surface area contributed by atoms with Crippen LogP contribution in [0.1, 0.15) is 28.9 Å². The lowest BCUT2D eigenvalue weighted by Gasteiger charge is -2.17. The molecule has 0 aliphatic rings. The van der Waals surface area contributed by atoms with Crippen molar-refractivity contribution < 1.29 is 35.2 Å². The molecule has 2 heterocycles. The number of hydrazine groups is 1. The maximum Gasteiger partial charge on any atom is 0.418 e. The summed E-state index contributed by atoms with van der Waals surface area (Å²) in [5.74, 6) is -2.44. The second kappa shape index (κ2) is 10.5. The molecule has 0 radical (unpaired) electrons. The maximum atomic E-state index is 13.4. The Balaban J connectivity index is 1.89. The molecule has 35 heavy (non-hydrogen) atoms. The normalized spacial score (nSPS) is 13.2. The molecule has 1 atom stereocenters. The zero-order chi connectivity index (χ0) is 25.6. The van der Waals surface area contributed by atoms with E-state index in [1.54, 1.807) is 0 Å². The molecule has 0 spiro atoms. The maximum absolute atomic E-state index is 13.4. The molecule has 0 bridgehead atoms. The Morgan fingerprint density at radius 3 is 2.43 bits per heavy atom. The summed E-state index contributed by atoms with van der Waals surface area (Å²) in [7, 11) is -4.40. The average Bonchev–Trinajstić information content (AvgIpc) is 3.33. The molecule has 3 rings (SSSR count). The van der Waals surface area contributed by atoms with Crippen LogP contribution < -0.4 is 16.2 Å². The van der Waals surface area contributed by atoms with E-state index in [1.165, 1.54) is 31.4 Å². The van der Waals surface area contributed by atoms with E-state index in [1.807, 2.05) is 0 Å². The number of nitrogens with one attached hydrogen (secondary N) is 3. The number of alkyl halides is 3. The quantitative estimate of drug-likeness (QED) is 0.198. The predicted octanol–water partition coefficient (Wildman–Crippen LogP) is 2.89. The van der Waals surface area contributed by atoms with Crippen LogP contribution in [0.3, 0.4) is 0 Å². The lowest BCUT2D eigenvalue weighted by molar-refractivity contribution is -0.136. The fourth-order valence-corrected chi connectivity index (χ4v) is 3.54. The van der Waals surface area contributed by atoms with Gasteiger partial charge in [0, 0.05) is 6.42 Å². The van der Waals surface area contributed by atoms with Gasteiger partial charge in [-0.3, -0.25) is 15.6 Å². The van der Waals surface area contributed by atoms with Crippen molar-refractivity contribution in [3.05, 3.63) is 78.0 Å². The van der Waals surface area contributed by atoms with Crippen LogP contribution in [0.4, 0.5) is 23.2 Å². The number of rotatable bonds is 6. The third kappa shape index (κ3) is 6.99. The second-order valence-corrected chi connectivity index (χ2v) is 9.03. The summed E-state index contributed by atoms with van der Waals surface area (Å²) in [5, 5.41) is 0.992. The molecule has 0 aliphatic heterocycles. The molecule has 1 amide bonds. The molecule has 1 aromatic carbocycles. The molecule has 10 nitrogen and oxygen atoms in total. The zero-order valence-corrected chi connectivity index (χ0v) is 18.7. The summed E-state index contributed by atoms with van der Waals surface area (Å²) in [4.78, 5) is 19.5. The van der Waals surface area contributed by atoms with Crippen LogP contribution in [0.25, 0.3) is 0 Å². The largest absolute Gasteiger partial charge is 0.459 e. The third-order valence-corrected chi connectivity index (χ3v) is 6.02. The van der Waals surface area contributed by atoms with Gasteiger partial charge in [0.2, 0.25) is 5.96 Å². The molecule has 186 valence electrons. The van der Waals surface area contributed by atoms with Crippen molar-refractivity contribution in [3.63, 3.8) is 0 Å². The molecule has 0 aliphatic carbocycles. The number of hydrogen-bond donors (Lipinski definition) is 3. The Labute approximate surface area is 196 Å². The van der Waals surface area contributed by atoms with Gasteiger partial charge in [-0.1, -0.05) is 12.1 Å². The summed E-state index contributed by atoms with van der Waals surface area (Å²) in [5.41, 5.74) is 2.64. The Bertz CT molecular complexity index is 1300. The Morgan fingerprint density at radius 2 is 1.80 bits per heavy atom. The van der Waals surface area contributed by atoms with E-state index in [0.29, 0.717) is 0 Å². The lowest BCUT2D eigenvalue weighted by Crippen LogP contribution is -2.45. The van der Waals surface area contributed by atoms with Crippen LogP contribution in [0.15, 0.2) is 63.9 Å². The number of guanidine groups is 1. The molecule has 15 heteroatoms. The Morgan fingerprint density at radius 1 is 1.11 bits per heavy atom. The summed E-state index contributed by atoms with van der Waals surface area (Å²) < 4.78 is 87.2. The third-order valence-electron chi connectivity index (χ3n) is 4.40. The molecule has 3 aromatic rings. The fraction of sp³-hybridized carbons (Fsp3) is 0.200. The van der Waals surface area contributed by atoms with Crippen molar-refractivity contribution in [2.45, 2.75) is 24.8 Å². The molecular formula is C20H18F4N6O4S. The molecule has 0 saturated heterocycles. The van der Waals surface area contributed by atoms with Crippen LogP contribution in [0.5, 0.6) is 0 Å². The van der Waals surface area contributed by atoms with Crippen LogP contribution in [-0.2, 0) is 22.6 Å². The molecular weight excluding hydrogens is 496 g/mol. The number of carbonyl (C=O) groups excluding carboxylic acids is 1. The van der Waals surface area contributed by atoms with Gasteiger partial charge in [0.25, 0.3) is 10.0 Å². The van der Waals surface area contributed by atoms with E-state index >= 15 is 0 Å². The zero-order valence-electron chi connectivity index (χ0n) is 17.9. The van der Waals surface area contributed by atoms with Crippen molar-refractivity contribution in [2.24, 2.45) is 4.40 Å². The number of para-hydroxylation sites is 1. The second-order valence-electron chi connectivity index (χ2n) is 7.01. The number of aromatic nitrogens is 2. The highest BCUT2D eigenvalue weighted by Crippen LogP contribution is 2.34. The highest BCUT2D eigenvalue weighted by atomic mass is 32.2. The van der Waals surface area contributed by atoms with Crippen molar-refractivity contribution in [1.82, 2.24) is 20.8 Å². The van der Waals surface area contributed by atoms with Gasteiger partial charge in [-0.25, -0.2) is 22.8 Å². The van der Waals surface area contributed by atoms with E-state index in [0.717, 1.165) is 30.6 Å². The Kier molecular flexibility index (Phi) is 7.68. The van der Waals surface area contributed by atoms with Gasteiger partial charge < -0.3 is 9.73 Å². The van der Waals surface area contributed by atoms with E-state index < -0.39 is 50.4 Å². The fourth-order valence-electron chi connectivity index (χ4n) is 2.65. The average molecular weight is 514 g/mol. The summed E-state index contributed by atoms with van der Waals surface area (Å²) in [6.45, 7) is 1.26. The number of amides is 1. The minimum absolute atomic E-state index is 0.00804. The SMILES string of the molecule is C[C@H](Cc1ncc(F)cn1)S(=O)(=O)/N=C(\NNC(=O)c1ccco1)Nc1ccccc1C(F)(F)F. The monoisotopic (exact) mass is 514 g/mol. The van der Waals surface area contributed by atoms with Crippen molar-refractivity contribution >= 4 is 27.6 Å². The van der Waals surface area contributed by atoms with E-state index in [9.17, 15) is 30.8 Å². The van der Waals surface area contributed by atoms with Gasteiger partial charge in [-0.2, -0.15) is 13.2 Å². The number of benzene rings is 1. The summed E-state index contributed by atoms with van der Waals surface area (Å²) in [6, 6.07) is 7.01. The number of carbonyl (C=O) groups is 1. The minimum Gasteiger partial charge on any atom is -0.459 e. The topological polar surface area (TPSA) is 139 Å². The van der Waals surface area contributed by atoms with Gasteiger partial charge in [-0.15, -0.1) is 4.40 Å². The first-order chi connectivity index (χ1) is 16.5. The standard InChI is InChI=1S/C20H18F4N6O4S/c1-12(9-17-25-10-13(21)11-26-17)35(32,33)30-19(29-28-18(31)16-7-4-8-34-16)27-15-6-3-2-5-14(15)20(22,23)24/h2-8,10-12H,9H2,1H3,(H,28,31)(H2,27,29,30)/t12-/m1/s1. The number of sulfonamides is 1. The molecule has 0 saturated carbocycles. The van der Waals surface area contributed by atoms with E-state index in [-0.39, 0.29) is 18.0 Å². The highest BCUT2D eigenvalue weighted by molar-refractivity contribution is 7.90. The van der Waals surface area contributed by atoms with E-state index in [4.69, 9.17) is 4.42 Å². The van der Waals surface area contributed by atoms with Crippen molar-refractivity contribution in [1.29, 1.82) is 0 Å². The summed E-state index contributed by atoms with van der Waals surface area (Å²) >= 11 is 0. The minimum atomic E-state index is -4.77.